The van der Waals surface area contributed by atoms with Crippen molar-refractivity contribution in [2.45, 2.75) is 30.8 Å². The van der Waals surface area contributed by atoms with Gasteiger partial charge in [-0.2, -0.15) is 5.10 Å². The maximum Gasteiger partial charge on any atom is 0.233 e. The number of amides is 1. The van der Waals surface area contributed by atoms with Crippen molar-refractivity contribution < 1.29 is 9.00 Å². The number of aromatic nitrogens is 2. The van der Waals surface area contributed by atoms with Gasteiger partial charge in [0.15, 0.2) is 0 Å². The predicted molar refractivity (Wildman–Crippen MR) is 107 cm³/mol. The first-order valence-electron chi connectivity index (χ1n) is 9.04. The summed E-state index contributed by atoms with van der Waals surface area (Å²) < 4.78 is 13.8. The topological polar surface area (TPSA) is 64.0 Å². The molecule has 2 aromatic carbocycles. The lowest BCUT2D eigenvalue weighted by Crippen LogP contribution is -2.23. The monoisotopic (exact) mass is 379 g/mol. The van der Waals surface area contributed by atoms with E-state index in [0.29, 0.717) is 23.7 Å². The van der Waals surface area contributed by atoms with Gasteiger partial charge in [0.05, 0.1) is 28.8 Å². The third kappa shape index (κ3) is 3.45. The summed E-state index contributed by atoms with van der Waals surface area (Å²) in [5.41, 5.74) is 3.55. The highest BCUT2D eigenvalue weighted by Gasteiger charge is 2.29. The number of hydrogen-bond acceptors (Lipinski definition) is 3. The Kier molecular flexibility index (Phi) is 4.90. The Hall–Kier alpha value is -2.73. The van der Waals surface area contributed by atoms with E-state index in [9.17, 15) is 9.00 Å². The van der Waals surface area contributed by atoms with Gasteiger partial charge in [0.1, 0.15) is 5.82 Å². The molecule has 0 bridgehead atoms. The highest BCUT2D eigenvalue weighted by Crippen LogP contribution is 2.32. The third-order valence-corrected chi connectivity index (χ3v) is 6.04. The molecular weight excluding hydrogens is 358 g/mol. The second-order valence-electron chi connectivity index (χ2n) is 6.61. The van der Waals surface area contributed by atoms with Gasteiger partial charge < -0.3 is 5.32 Å². The maximum atomic E-state index is 13.1. The van der Waals surface area contributed by atoms with Gasteiger partial charge in [-0.1, -0.05) is 55.5 Å². The summed E-state index contributed by atoms with van der Waals surface area (Å²) in [6, 6.07) is 19.5. The molecule has 1 amide bonds. The van der Waals surface area contributed by atoms with Gasteiger partial charge in [0.25, 0.3) is 0 Å². The van der Waals surface area contributed by atoms with Crippen LogP contribution in [0.3, 0.4) is 0 Å². The van der Waals surface area contributed by atoms with Crippen molar-refractivity contribution >= 4 is 22.5 Å². The van der Waals surface area contributed by atoms with Crippen LogP contribution in [0.5, 0.6) is 0 Å². The summed E-state index contributed by atoms with van der Waals surface area (Å²) in [6.07, 6.45) is 0.698. The van der Waals surface area contributed by atoms with Gasteiger partial charge in [-0.3, -0.25) is 9.00 Å². The van der Waals surface area contributed by atoms with Gasteiger partial charge in [-0.05, 0) is 24.1 Å². The minimum atomic E-state index is -0.954. The van der Waals surface area contributed by atoms with Crippen LogP contribution >= 0.6 is 0 Å². The molecule has 0 saturated carbocycles. The van der Waals surface area contributed by atoms with Crippen molar-refractivity contribution in [1.29, 1.82) is 0 Å². The quantitative estimate of drug-likeness (QED) is 0.734. The Labute approximate surface area is 160 Å². The molecule has 2 atom stereocenters. The molecule has 0 saturated heterocycles. The molecule has 0 aliphatic carbocycles. The van der Waals surface area contributed by atoms with Crippen LogP contribution in [0.1, 0.15) is 36.1 Å². The van der Waals surface area contributed by atoms with Crippen molar-refractivity contribution in [3.63, 3.8) is 0 Å². The molecule has 2 heterocycles. The van der Waals surface area contributed by atoms with Crippen LogP contribution in [0.15, 0.2) is 60.7 Å². The molecule has 4 rings (SSSR count). The highest BCUT2D eigenvalue weighted by atomic mass is 32.2. The zero-order valence-electron chi connectivity index (χ0n) is 15.1. The number of carbonyl (C=O) groups excluding carboxylic acids is 1. The van der Waals surface area contributed by atoms with Crippen molar-refractivity contribution in [3.05, 3.63) is 77.5 Å². The lowest BCUT2D eigenvalue weighted by atomic mass is 9.95. The smallest absolute Gasteiger partial charge is 0.233 e. The summed E-state index contributed by atoms with van der Waals surface area (Å²) in [4.78, 5) is 13.1. The highest BCUT2D eigenvalue weighted by molar-refractivity contribution is 7.83. The molecule has 0 spiro atoms. The van der Waals surface area contributed by atoms with Gasteiger partial charge in [-0.15, -0.1) is 0 Å². The van der Waals surface area contributed by atoms with Crippen LogP contribution in [0.25, 0.3) is 5.69 Å². The normalized spacial score (nSPS) is 16.7. The fraction of sp³-hybridized carbons (Fsp3) is 0.238. The van der Waals surface area contributed by atoms with E-state index in [-0.39, 0.29) is 11.8 Å². The van der Waals surface area contributed by atoms with Crippen LogP contribution in [0.2, 0.25) is 0 Å². The number of fused-ring (bicyclic) bond motifs is 1. The summed E-state index contributed by atoms with van der Waals surface area (Å²) >= 11 is 0. The first-order chi connectivity index (χ1) is 13.2. The zero-order valence-corrected chi connectivity index (χ0v) is 15.9. The lowest BCUT2D eigenvalue weighted by molar-refractivity contribution is -0.117. The van der Waals surface area contributed by atoms with E-state index in [2.05, 4.69) is 10.4 Å². The number of nitrogens with one attached hydrogen (secondary N) is 1. The van der Waals surface area contributed by atoms with E-state index in [1.165, 1.54) is 0 Å². The Morgan fingerprint density at radius 2 is 1.78 bits per heavy atom. The average molecular weight is 379 g/mol. The number of benzene rings is 2. The second-order valence-corrected chi connectivity index (χ2v) is 8.07. The summed E-state index contributed by atoms with van der Waals surface area (Å²) in [5.74, 6) is 1.20. The van der Waals surface area contributed by atoms with E-state index in [1.807, 2.05) is 67.6 Å². The Balaban J connectivity index is 1.71. The molecule has 0 unspecified atom stereocenters. The molecule has 0 radical (unpaired) electrons. The van der Waals surface area contributed by atoms with Gasteiger partial charge >= 0.3 is 0 Å². The van der Waals surface area contributed by atoms with Crippen molar-refractivity contribution in [3.8, 4) is 5.69 Å². The Bertz CT molecular complexity index is 983. The molecule has 1 aliphatic heterocycles. The van der Waals surface area contributed by atoms with E-state index in [4.69, 9.17) is 0 Å². The molecular formula is C21H21N3O2S. The summed E-state index contributed by atoms with van der Waals surface area (Å²) in [6.45, 7) is 2.01. The molecule has 3 aromatic rings. The molecule has 5 nitrogen and oxygen atoms in total. The first-order valence-corrected chi connectivity index (χ1v) is 10.5. The van der Waals surface area contributed by atoms with Crippen molar-refractivity contribution in [1.82, 2.24) is 9.78 Å². The third-order valence-electron chi connectivity index (χ3n) is 4.84. The zero-order chi connectivity index (χ0) is 18.8. The Morgan fingerprint density at radius 1 is 1.11 bits per heavy atom. The first kappa shape index (κ1) is 17.7. The minimum Gasteiger partial charge on any atom is -0.310 e. The van der Waals surface area contributed by atoms with Gasteiger partial charge in [0, 0.05) is 16.4 Å². The minimum absolute atomic E-state index is 0.0683. The predicted octanol–water partition coefficient (Wildman–Crippen LogP) is 3.77. The number of nitrogens with zero attached hydrogens (tertiary/aromatic N) is 2. The fourth-order valence-corrected chi connectivity index (χ4v) is 4.74. The molecule has 1 aliphatic rings. The molecule has 6 heteroatoms. The van der Waals surface area contributed by atoms with Crippen LogP contribution in [-0.4, -0.2) is 19.9 Å². The van der Waals surface area contributed by atoms with E-state index < -0.39 is 10.8 Å². The summed E-state index contributed by atoms with van der Waals surface area (Å²) in [5, 5.41) is 7.72. The molecule has 0 fully saturated rings. The average Bonchev–Trinajstić information content (AvgIpc) is 3.21. The van der Waals surface area contributed by atoms with Crippen LogP contribution in [0, 0.1) is 0 Å². The molecule has 1 N–H and O–H groups in total. The number of rotatable bonds is 5. The van der Waals surface area contributed by atoms with E-state index >= 15 is 0 Å². The van der Waals surface area contributed by atoms with Crippen molar-refractivity contribution in [2.75, 3.05) is 5.32 Å². The van der Waals surface area contributed by atoms with Crippen LogP contribution in [0.4, 0.5) is 5.82 Å². The maximum absolute atomic E-state index is 13.1. The summed E-state index contributed by atoms with van der Waals surface area (Å²) in [7, 11) is -0.954. The molecule has 27 heavy (non-hydrogen) atoms. The number of hydrogen-bond donors (Lipinski definition) is 1. The number of anilines is 1. The van der Waals surface area contributed by atoms with Gasteiger partial charge in [0.2, 0.25) is 5.91 Å². The second kappa shape index (κ2) is 7.48. The van der Waals surface area contributed by atoms with Crippen LogP contribution < -0.4 is 5.32 Å². The van der Waals surface area contributed by atoms with E-state index in [1.54, 1.807) is 4.68 Å². The van der Waals surface area contributed by atoms with Crippen molar-refractivity contribution in [2.24, 2.45) is 0 Å². The lowest BCUT2D eigenvalue weighted by Gasteiger charge is -2.17. The largest absolute Gasteiger partial charge is 0.310 e. The number of carbonyl (C=O) groups is 1. The van der Waals surface area contributed by atoms with Crippen LogP contribution in [-0.2, 0) is 27.1 Å². The SMILES string of the molecule is CC[C@H](C(=O)Nc1c2c(nn1-c1ccccc1)C[S@@](=O)C2)c1ccccc1. The molecule has 138 valence electrons. The van der Waals surface area contributed by atoms with Gasteiger partial charge in [-0.25, -0.2) is 4.68 Å². The fourth-order valence-electron chi connectivity index (χ4n) is 3.47. The molecule has 1 aromatic heterocycles. The van der Waals surface area contributed by atoms with E-state index in [0.717, 1.165) is 22.5 Å². The number of para-hydroxylation sites is 1. The Morgan fingerprint density at radius 3 is 2.44 bits per heavy atom. The standard InChI is InChI=1S/C21H21N3O2S/c1-2-17(15-9-5-3-6-10-15)21(25)22-20-18-13-27(26)14-19(18)23-24(20)16-11-7-4-8-12-16/h3-12,17H,2,13-14H2,1H3,(H,22,25)/t17-,27-/m0/s1.